The van der Waals surface area contributed by atoms with Gasteiger partial charge in [-0.15, -0.1) is 24.0 Å². The predicted molar refractivity (Wildman–Crippen MR) is 117 cm³/mol. The third-order valence-electron chi connectivity index (χ3n) is 4.74. The summed E-state index contributed by atoms with van der Waals surface area (Å²) in [6.45, 7) is 4.47. The van der Waals surface area contributed by atoms with Gasteiger partial charge < -0.3 is 16.0 Å². The number of pyridine rings is 1. The lowest BCUT2D eigenvalue weighted by atomic mass is 9.81. The molecule has 1 fully saturated rings. The van der Waals surface area contributed by atoms with Crippen LogP contribution in [0.1, 0.15) is 49.4 Å². The Labute approximate surface area is 174 Å². The van der Waals surface area contributed by atoms with Crippen LogP contribution in [-0.2, 0) is 0 Å². The Kier molecular flexibility index (Phi) is 11.2. The first-order chi connectivity index (χ1) is 12.2. The van der Waals surface area contributed by atoms with Crippen molar-refractivity contribution in [1.82, 2.24) is 20.9 Å². The van der Waals surface area contributed by atoms with Crippen molar-refractivity contribution in [2.24, 2.45) is 16.8 Å². The van der Waals surface area contributed by atoms with Crippen LogP contribution in [0.2, 0.25) is 0 Å². The fraction of sp³-hybridized carbons (Fsp3) is 0.632. The van der Waals surface area contributed by atoms with Crippen molar-refractivity contribution in [3.05, 3.63) is 30.1 Å². The lowest BCUT2D eigenvalue weighted by Gasteiger charge is -2.26. The number of halogens is 1. The number of aliphatic imine (C=N–C) groups is 1. The zero-order chi connectivity index (χ0) is 17.9. The molecular weight excluding hydrogens is 441 g/mol. The van der Waals surface area contributed by atoms with Crippen molar-refractivity contribution < 1.29 is 4.79 Å². The molecule has 0 bridgehead atoms. The molecule has 0 aliphatic heterocycles. The minimum absolute atomic E-state index is 0. The van der Waals surface area contributed by atoms with Gasteiger partial charge in [0.2, 0.25) is 0 Å². The summed E-state index contributed by atoms with van der Waals surface area (Å²) in [5.41, 5.74) is 0.576. The SMILES string of the molecule is CN=C(NCCNC(=O)c1cccnc1)NCCC1CCCC(C)C1.I. The Hall–Kier alpha value is -1.38. The molecule has 6 nitrogen and oxygen atoms in total. The molecule has 1 saturated carbocycles. The van der Waals surface area contributed by atoms with Gasteiger partial charge in [-0.25, -0.2) is 0 Å². The monoisotopic (exact) mass is 473 g/mol. The number of nitrogens with zero attached hydrogens (tertiary/aromatic N) is 2. The number of aromatic nitrogens is 1. The highest BCUT2D eigenvalue weighted by molar-refractivity contribution is 14.0. The number of nitrogens with one attached hydrogen (secondary N) is 3. The van der Waals surface area contributed by atoms with Gasteiger partial charge in [-0.3, -0.25) is 14.8 Å². The maximum absolute atomic E-state index is 11.9. The quantitative estimate of drug-likeness (QED) is 0.246. The summed E-state index contributed by atoms with van der Waals surface area (Å²) in [6.07, 6.45) is 9.89. The first kappa shape index (κ1) is 22.7. The summed E-state index contributed by atoms with van der Waals surface area (Å²) in [5, 5.41) is 9.47. The Balaban J connectivity index is 0.00000338. The molecule has 1 aliphatic carbocycles. The Morgan fingerprint density at radius 2 is 2.00 bits per heavy atom. The zero-order valence-corrected chi connectivity index (χ0v) is 18.2. The van der Waals surface area contributed by atoms with E-state index in [0.29, 0.717) is 18.7 Å². The van der Waals surface area contributed by atoms with Gasteiger partial charge in [0.15, 0.2) is 5.96 Å². The second-order valence-corrected chi connectivity index (χ2v) is 6.85. The molecule has 1 aromatic rings. The van der Waals surface area contributed by atoms with Gasteiger partial charge in [0.25, 0.3) is 5.91 Å². The molecule has 7 heteroatoms. The number of carbonyl (C=O) groups excluding carboxylic acids is 1. The maximum atomic E-state index is 11.9. The topological polar surface area (TPSA) is 78.4 Å². The maximum Gasteiger partial charge on any atom is 0.252 e. The molecule has 0 spiro atoms. The zero-order valence-electron chi connectivity index (χ0n) is 15.8. The van der Waals surface area contributed by atoms with Crippen molar-refractivity contribution in [2.45, 2.75) is 39.0 Å². The Morgan fingerprint density at radius 1 is 1.23 bits per heavy atom. The van der Waals surface area contributed by atoms with E-state index in [2.05, 4.69) is 32.9 Å². The summed E-state index contributed by atoms with van der Waals surface area (Å²) in [6, 6.07) is 3.51. The van der Waals surface area contributed by atoms with Crippen LogP contribution in [0.15, 0.2) is 29.5 Å². The molecule has 1 aromatic heterocycles. The van der Waals surface area contributed by atoms with Gasteiger partial charge in [-0.05, 0) is 36.8 Å². The third-order valence-corrected chi connectivity index (χ3v) is 4.74. The van der Waals surface area contributed by atoms with E-state index in [1.807, 2.05) is 0 Å². The lowest BCUT2D eigenvalue weighted by Crippen LogP contribution is -2.42. The molecule has 2 rings (SSSR count). The van der Waals surface area contributed by atoms with Crippen molar-refractivity contribution in [2.75, 3.05) is 26.7 Å². The lowest BCUT2D eigenvalue weighted by molar-refractivity contribution is 0.0954. The molecular formula is C19H32IN5O. The summed E-state index contributed by atoms with van der Waals surface area (Å²) in [7, 11) is 1.77. The van der Waals surface area contributed by atoms with Crippen molar-refractivity contribution in [3.8, 4) is 0 Å². The van der Waals surface area contributed by atoms with Crippen LogP contribution in [0, 0.1) is 11.8 Å². The second kappa shape index (κ2) is 12.9. The van der Waals surface area contributed by atoms with Crippen LogP contribution in [0.5, 0.6) is 0 Å². The number of carbonyl (C=O) groups is 1. The van der Waals surface area contributed by atoms with Crippen molar-refractivity contribution >= 4 is 35.8 Å². The number of hydrogen-bond acceptors (Lipinski definition) is 3. The van der Waals surface area contributed by atoms with Crippen molar-refractivity contribution in [1.29, 1.82) is 0 Å². The Bertz CT molecular complexity index is 552. The van der Waals surface area contributed by atoms with E-state index in [1.54, 1.807) is 31.6 Å². The first-order valence-electron chi connectivity index (χ1n) is 9.31. The minimum Gasteiger partial charge on any atom is -0.356 e. The Morgan fingerprint density at radius 3 is 2.69 bits per heavy atom. The van der Waals surface area contributed by atoms with Crippen LogP contribution in [0.25, 0.3) is 0 Å². The van der Waals surface area contributed by atoms with Gasteiger partial charge in [-0.1, -0.05) is 26.2 Å². The van der Waals surface area contributed by atoms with Gasteiger partial charge >= 0.3 is 0 Å². The molecule has 0 radical (unpaired) electrons. The molecule has 2 unspecified atom stereocenters. The van der Waals surface area contributed by atoms with E-state index in [1.165, 1.54) is 32.1 Å². The van der Waals surface area contributed by atoms with Crippen LogP contribution in [0.4, 0.5) is 0 Å². The molecule has 0 saturated heterocycles. The predicted octanol–water partition coefficient (Wildman–Crippen LogP) is 2.81. The molecule has 3 N–H and O–H groups in total. The highest BCUT2D eigenvalue weighted by Crippen LogP contribution is 2.30. The summed E-state index contributed by atoms with van der Waals surface area (Å²) in [5.74, 6) is 2.40. The average molecular weight is 473 g/mol. The van der Waals surface area contributed by atoms with E-state index in [0.717, 1.165) is 24.3 Å². The molecule has 26 heavy (non-hydrogen) atoms. The number of amides is 1. The van der Waals surface area contributed by atoms with E-state index in [4.69, 9.17) is 0 Å². The van der Waals surface area contributed by atoms with Crippen LogP contribution in [0.3, 0.4) is 0 Å². The fourth-order valence-corrected chi connectivity index (χ4v) is 3.39. The van der Waals surface area contributed by atoms with E-state index in [9.17, 15) is 4.79 Å². The van der Waals surface area contributed by atoms with Crippen molar-refractivity contribution in [3.63, 3.8) is 0 Å². The number of guanidine groups is 1. The summed E-state index contributed by atoms with van der Waals surface area (Å²) < 4.78 is 0. The second-order valence-electron chi connectivity index (χ2n) is 6.85. The first-order valence-corrected chi connectivity index (χ1v) is 9.31. The highest BCUT2D eigenvalue weighted by atomic mass is 127. The largest absolute Gasteiger partial charge is 0.356 e. The molecule has 146 valence electrons. The van der Waals surface area contributed by atoms with Crippen LogP contribution >= 0.6 is 24.0 Å². The van der Waals surface area contributed by atoms with Gasteiger partial charge in [0.05, 0.1) is 5.56 Å². The molecule has 0 aromatic carbocycles. The minimum atomic E-state index is -0.107. The van der Waals surface area contributed by atoms with E-state index in [-0.39, 0.29) is 29.9 Å². The van der Waals surface area contributed by atoms with Gasteiger partial charge in [0.1, 0.15) is 0 Å². The summed E-state index contributed by atoms with van der Waals surface area (Å²) >= 11 is 0. The van der Waals surface area contributed by atoms with E-state index < -0.39 is 0 Å². The number of hydrogen-bond donors (Lipinski definition) is 3. The van der Waals surface area contributed by atoms with Crippen LogP contribution < -0.4 is 16.0 Å². The average Bonchev–Trinajstić information content (AvgIpc) is 2.64. The molecule has 1 amide bonds. The fourth-order valence-electron chi connectivity index (χ4n) is 3.39. The normalized spacial score (nSPS) is 20.0. The van der Waals surface area contributed by atoms with Gasteiger partial charge in [-0.2, -0.15) is 0 Å². The standard InChI is InChI=1S/C19H31N5O.HI/c1-15-5-3-6-16(13-15)8-10-23-19(20-2)24-12-11-22-18(25)17-7-4-9-21-14-17;/h4,7,9,14-16H,3,5-6,8,10-13H2,1-2H3,(H,22,25)(H2,20,23,24);1H. The highest BCUT2D eigenvalue weighted by Gasteiger charge is 2.18. The smallest absolute Gasteiger partial charge is 0.252 e. The number of rotatable bonds is 7. The third kappa shape index (κ3) is 8.33. The molecule has 1 heterocycles. The molecule has 2 atom stereocenters. The van der Waals surface area contributed by atoms with E-state index >= 15 is 0 Å². The van der Waals surface area contributed by atoms with Gasteiger partial charge in [0, 0.05) is 39.1 Å². The summed E-state index contributed by atoms with van der Waals surface area (Å²) in [4.78, 5) is 20.1. The van der Waals surface area contributed by atoms with Crippen LogP contribution in [-0.4, -0.2) is 43.5 Å². The molecule has 1 aliphatic rings.